The van der Waals surface area contributed by atoms with Crippen molar-refractivity contribution < 1.29 is 18.3 Å². The molecule has 0 aliphatic carbocycles. The molecule has 0 aromatic heterocycles. The van der Waals surface area contributed by atoms with Gasteiger partial charge in [-0.1, -0.05) is 12.1 Å². The molecule has 96 valence electrons. The number of benzene rings is 1. The van der Waals surface area contributed by atoms with Crippen LogP contribution < -0.4 is 5.32 Å². The third-order valence-electron chi connectivity index (χ3n) is 2.60. The van der Waals surface area contributed by atoms with Crippen molar-refractivity contribution in [1.82, 2.24) is 5.32 Å². The van der Waals surface area contributed by atoms with E-state index in [9.17, 15) is 13.2 Å². The van der Waals surface area contributed by atoms with Gasteiger partial charge in [-0.25, -0.2) is 0 Å². The van der Waals surface area contributed by atoms with Crippen LogP contribution in [0.1, 0.15) is 18.4 Å². The third kappa shape index (κ3) is 5.58. The fraction of sp³-hybridized carbons (Fsp3) is 0.500. The number of hydrogen-bond acceptors (Lipinski definition) is 2. The number of aromatic hydroxyl groups is 1. The highest BCUT2D eigenvalue weighted by Gasteiger charge is 2.27. The van der Waals surface area contributed by atoms with E-state index >= 15 is 0 Å². The monoisotopic (exact) mass is 247 g/mol. The van der Waals surface area contributed by atoms with Crippen LogP contribution in [-0.4, -0.2) is 24.4 Å². The van der Waals surface area contributed by atoms with Gasteiger partial charge < -0.3 is 10.4 Å². The molecular weight excluding hydrogens is 231 g/mol. The minimum atomic E-state index is -4.11. The Morgan fingerprint density at radius 3 is 2.29 bits per heavy atom. The maximum Gasteiger partial charge on any atom is 0.389 e. The molecule has 17 heavy (non-hydrogen) atoms. The van der Waals surface area contributed by atoms with E-state index in [0.717, 1.165) is 5.56 Å². The molecule has 2 nitrogen and oxygen atoms in total. The van der Waals surface area contributed by atoms with E-state index in [0.29, 0.717) is 6.42 Å². The molecule has 0 fully saturated rings. The van der Waals surface area contributed by atoms with Gasteiger partial charge in [-0.05, 0) is 37.6 Å². The van der Waals surface area contributed by atoms with Crippen LogP contribution in [0.3, 0.4) is 0 Å². The quantitative estimate of drug-likeness (QED) is 0.838. The van der Waals surface area contributed by atoms with E-state index in [2.05, 4.69) is 5.32 Å². The topological polar surface area (TPSA) is 32.3 Å². The highest BCUT2D eigenvalue weighted by molar-refractivity contribution is 5.26. The predicted molar refractivity (Wildman–Crippen MR) is 59.9 cm³/mol. The largest absolute Gasteiger partial charge is 0.508 e. The van der Waals surface area contributed by atoms with Crippen molar-refractivity contribution in [3.8, 4) is 5.75 Å². The van der Waals surface area contributed by atoms with Gasteiger partial charge in [0.25, 0.3) is 0 Å². The van der Waals surface area contributed by atoms with Crippen LogP contribution in [-0.2, 0) is 6.42 Å². The minimum Gasteiger partial charge on any atom is -0.508 e. The van der Waals surface area contributed by atoms with Crippen molar-refractivity contribution in [2.45, 2.75) is 31.5 Å². The number of nitrogens with one attached hydrogen (secondary N) is 1. The Balaban J connectivity index is 2.49. The van der Waals surface area contributed by atoms with Gasteiger partial charge in [0.05, 0.1) is 0 Å². The zero-order chi connectivity index (χ0) is 12.9. The molecule has 2 N–H and O–H groups in total. The number of hydrogen-bond donors (Lipinski definition) is 2. The number of likely N-dealkylation sites (N-methyl/N-ethyl adjacent to an activating group) is 1. The smallest absolute Gasteiger partial charge is 0.389 e. The number of rotatable bonds is 5. The summed E-state index contributed by atoms with van der Waals surface area (Å²) in [6, 6.07) is 6.29. The van der Waals surface area contributed by atoms with E-state index in [1.165, 1.54) is 12.1 Å². The van der Waals surface area contributed by atoms with Crippen LogP contribution in [0.25, 0.3) is 0 Å². The van der Waals surface area contributed by atoms with Gasteiger partial charge in [0, 0.05) is 12.5 Å². The summed E-state index contributed by atoms with van der Waals surface area (Å²) >= 11 is 0. The Labute approximate surface area is 98.5 Å². The van der Waals surface area contributed by atoms with Gasteiger partial charge in [0.1, 0.15) is 5.75 Å². The van der Waals surface area contributed by atoms with Gasteiger partial charge in [-0.3, -0.25) is 0 Å². The number of phenols is 1. The maximum atomic E-state index is 12.1. The molecule has 0 aliphatic rings. The van der Waals surface area contributed by atoms with Crippen molar-refractivity contribution in [1.29, 1.82) is 0 Å². The summed E-state index contributed by atoms with van der Waals surface area (Å²) in [6.45, 7) is 0. The molecule has 0 radical (unpaired) electrons. The summed E-state index contributed by atoms with van der Waals surface area (Å²) in [5.74, 6) is 0.157. The summed E-state index contributed by atoms with van der Waals surface area (Å²) in [5, 5.41) is 12.0. The lowest BCUT2D eigenvalue weighted by Crippen LogP contribution is -2.29. The average Bonchev–Trinajstić information content (AvgIpc) is 2.25. The summed E-state index contributed by atoms with van der Waals surface area (Å²) in [6.07, 6.45) is -4.31. The Morgan fingerprint density at radius 2 is 1.82 bits per heavy atom. The first-order valence-electron chi connectivity index (χ1n) is 5.42. The second kappa shape index (κ2) is 5.91. The second-order valence-electron chi connectivity index (χ2n) is 4.01. The number of phenolic OH excluding ortho intramolecular Hbond substituents is 1. The molecule has 1 aromatic rings. The first kappa shape index (κ1) is 13.8. The molecule has 1 aromatic carbocycles. The van der Waals surface area contributed by atoms with E-state index in [1.807, 2.05) is 0 Å². The Morgan fingerprint density at radius 1 is 1.24 bits per heavy atom. The first-order valence-corrected chi connectivity index (χ1v) is 5.42. The van der Waals surface area contributed by atoms with Gasteiger partial charge >= 0.3 is 6.18 Å². The Bertz CT molecular complexity index is 335. The van der Waals surface area contributed by atoms with Crippen LogP contribution in [0.15, 0.2) is 24.3 Å². The van der Waals surface area contributed by atoms with E-state index in [-0.39, 0.29) is 18.2 Å². The molecule has 0 aliphatic heterocycles. The molecule has 1 rings (SSSR count). The molecule has 1 unspecified atom stereocenters. The molecule has 0 spiro atoms. The van der Waals surface area contributed by atoms with Crippen LogP contribution >= 0.6 is 0 Å². The first-order chi connectivity index (χ1) is 7.90. The van der Waals surface area contributed by atoms with E-state index in [4.69, 9.17) is 5.11 Å². The van der Waals surface area contributed by atoms with Crippen LogP contribution in [0.4, 0.5) is 13.2 Å². The fourth-order valence-electron chi connectivity index (χ4n) is 1.60. The lowest BCUT2D eigenvalue weighted by atomic mass is 10.0. The molecule has 5 heteroatoms. The Kier molecular flexibility index (Phi) is 4.81. The summed E-state index contributed by atoms with van der Waals surface area (Å²) in [7, 11) is 1.65. The van der Waals surface area contributed by atoms with E-state index < -0.39 is 12.6 Å². The fourth-order valence-corrected chi connectivity index (χ4v) is 1.60. The third-order valence-corrected chi connectivity index (χ3v) is 2.60. The normalized spacial score (nSPS) is 13.6. The van der Waals surface area contributed by atoms with E-state index in [1.54, 1.807) is 19.2 Å². The summed E-state index contributed by atoms with van der Waals surface area (Å²) in [5.41, 5.74) is 0.907. The molecule has 0 saturated heterocycles. The predicted octanol–water partition coefficient (Wildman–Crippen LogP) is 2.87. The Hall–Kier alpha value is -1.23. The highest BCUT2D eigenvalue weighted by atomic mass is 19.4. The van der Waals surface area contributed by atoms with Crippen molar-refractivity contribution in [3.63, 3.8) is 0 Å². The lowest BCUT2D eigenvalue weighted by Gasteiger charge is -2.17. The summed E-state index contributed by atoms with van der Waals surface area (Å²) in [4.78, 5) is 0. The van der Waals surface area contributed by atoms with Gasteiger partial charge in [0.15, 0.2) is 0 Å². The number of halogens is 3. The van der Waals surface area contributed by atoms with Crippen molar-refractivity contribution in [3.05, 3.63) is 29.8 Å². The van der Waals surface area contributed by atoms with Gasteiger partial charge in [-0.2, -0.15) is 13.2 Å². The molecule has 1 atom stereocenters. The minimum absolute atomic E-state index is 0.0564. The van der Waals surface area contributed by atoms with Crippen molar-refractivity contribution >= 4 is 0 Å². The summed E-state index contributed by atoms with van der Waals surface area (Å²) < 4.78 is 36.2. The van der Waals surface area contributed by atoms with Gasteiger partial charge in [0.2, 0.25) is 0 Å². The molecule has 0 heterocycles. The second-order valence-corrected chi connectivity index (χ2v) is 4.01. The van der Waals surface area contributed by atoms with Crippen LogP contribution in [0.5, 0.6) is 5.75 Å². The average molecular weight is 247 g/mol. The molecule has 0 amide bonds. The zero-order valence-corrected chi connectivity index (χ0v) is 9.59. The molecule has 0 saturated carbocycles. The van der Waals surface area contributed by atoms with Crippen molar-refractivity contribution in [2.75, 3.05) is 7.05 Å². The maximum absolute atomic E-state index is 12.1. The SMILES string of the molecule is CNC(CCC(F)(F)F)Cc1ccc(O)cc1. The highest BCUT2D eigenvalue weighted by Crippen LogP contribution is 2.23. The lowest BCUT2D eigenvalue weighted by molar-refractivity contribution is -0.136. The molecular formula is C12H16F3NO. The molecule has 0 bridgehead atoms. The van der Waals surface area contributed by atoms with Crippen LogP contribution in [0, 0.1) is 0 Å². The zero-order valence-electron chi connectivity index (χ0n) is 9.59. The van der Waals surface area contributed by atoms with Gasteiger partial charge in [-0.15, -0.1) is 0 Å². The standard InChI is InChI=1S/C12H16F3NO/c1-16-10(6-7-12(13,14)15)8-9-2-4-11(17)5-3-9/h2-5,10,16-17H,6-8H2,1H3. The number of alkyl halides is 3. The van der Waals surface area contributed by atoms with Crippen molar-refractivity contribution in [2.24, 2.45) is 0 Å². The van der Waals surface area contributed by atoms with Crippen LogP contribution in [0.2, 0.25) is 0 Å².